The standard InChI is InChI=1S/C10H10O10S2/c11-9(12)2-5-1-6(3-10(13)14)8(22(18,19)20)4-7(5)21(15,16)17/h1,4H,2-3H2,(H,11,12)(H,13,14)(H,15,16,17)(H,18,19,20). The molecule has 0 bridgehead atoms. The van der Waals surface area contributed by atoms with Crippen LogP contribution in [0, 0.1) is 0 Å². The Morgan fingerprint density at radius 2 is 1.09 bits per heavy atom. The number of carboxylic acid groups (broad SMARTS) is 2. The quantitative estimate of drug-likeness (QED) is 0.482. The lowest BCUT2D eigenvalue weighted by Gasteiger charge is -2.11. The Kier molecular flexibility index (Phi) is 4.92. The average Bonchev–Trinajstić information content (AvgIpc) is 2.23. The highest BCUT2D eigenvalue weighted by Gasteiger charge is 2.26. The molecule has 0 aromatic heterocycles. The molecule has 0 atom stereocenters. The first-order valence-electron chi connectivity index (χ1n) is 5.36. The highest BCUT2D eigenvalue weighted by atomic mass is 32.2. The van der Waals surface area contributed by atoms with E-state index in [9.17, 15) is 26.4 Å². The first-order valence-corrected chi connectivity index (χ1v) is 8.24. The first kappa shape index (κ1) is 18.0. The molecular formula is C10H10O10S2. The van der Waals surface area contributed by atoms with Gasteiger partial charge >= 0.3 is 11.9 Å². The Morgan fingerprint density at radius 1 is 0.773 bits per heavy atom. The van der Waals surface area contributed by atoms with Gasteiger partial charge in [-0.25, -0.2) is 0 Å². The molecule has 0 saturated heterocycles. The smallest absolute Gasteiger partial charge is 0.307 e. The highest BCUT2D eigenvalue weighted by molar-refractivity contribution is 7.86. The zero-order chi connectivity index (χ0) is 17.3. The molecule has 0 aliphatic heterocycles. The van der Waals surface area contributed by atoms with Crippen molar-refractivity contribution >= 4 is 32.2 Å². The number of rotatable bonds is 6. The molecule has 4 N–H and O–H groups in total. The van der Waals surface area contributed by atoms with E-state index in [4.69, 9.17) is 19.3 Å². The van der Waals surface area contributed by atoms with E-state index in [-0.39, 0.29) is 0 Å². The summed E-state index contributed by atoms with van der Waals surface area (Å²) in [5, 5.41) is 17.4. The van der Waals surface area contributed by atoms with Gasteiger partial charge in [0.05, 0.1) is 22.6 Å². The maximum absolute atomic E-state index is 11.2. The number of hydrogen-bond acceptors (Lipinski definition) is 6. The van der Waals surface area contributed by atoms with E-state index >= 15 is 0 Å². The topological polar surface area (TPSA) is 183 Å². The van der Waals surface area contributed by atoms with Gasteiger partial charge in [0.15, 0.2) is 0 Å². The van der Waals surface area contributed by atoms with Gasteiger partial charge in [-0.3, -0.25) is 18.7 Å². The molecule has 1 rings (SSSR count). The molecule has 122 valence electrons. The zero-order valence-corrected chi connectivity index (χ0v) is 12.3. The van der Waals surface area contributed by atoms with Crippen LogP contribution in [0.4, 0.5) is 0 Å². The monoisotopic (exact) mass is 354 g/mol. The second kappa shape index (κ2) is 6.00. The molecule has 12 heteroatoms. The maximum atomic E-state index is 11.2. The summed E-state index contributed by atoms with van der Waals surface area (Å²) in [5.41, 5.74) is -1.03. The lowest BCUT2D eigenvalue weighted by atomic mass is 10.1. The highest BCUT2D eigenvalue weighted by Crippen LogP contribution is 2.26. The van der Waals surface area contributed by atoms with Crippen LogP contribution in [0.2, 0.25) is 0 Å². The molecule has 1 aromatic rings. The van der Waals surface area contributed by atoms with Crippen LogP contribution >= 0.6 is 0 Å². The van der Waals surface area contributed by atoms with Crippen LogP contribution in [-0.2, 0) is 42.7 Å². The average molecular weight is 354 g/mol. The molecule has 0 saturated carbocycles. The van der Waals surface area contributed by atoms with Crippen LogP contribution in [0.25, 0.3) is 0 Å². The van der Waals surface area contributed by atoms with Crippen molar-refractivity contribution in [2.24, 2.45) is 0 Å². The molecule has 0 amide bonds. The Bertz CT molecular complexity index is 767. The molecule has 22 heavy (non-hydrogen) atoms. The van der Waals surface area contributed by atoms with Crippen LogP contribution in [0.15, 0.2) is 21.9 Å². The fraction of sp³-hybridized carbons (Fsp3) is 0.200. The lowest BCUT2D eigenvalue weighted by Crippen LogP contribution is -2.14. The van der Waals surface area contributed by atoms with E-state index in [0.717, 1.165) is 0 Å². The van der Waals surface area contributed by atoms with E-state index in [2.05, 4.69) is 0 Å². The fourth-order valence-electron chi connectivity index (χ4n) is 1.74. The molecule has 0 aliphatic rings. The van der Waals surface area contributed by atoms with Crippen molar-refractivity contribution in [1.82, 2.24) is 0 Å². The third-order valence-corrected chi connectivity index (χ3v) is 4.35. The van der Waals surface area contributed by atoms with Crippen LogP contribution in [0.3, 0.4) is 0 Å². The van der Waals surface area contributed by atoms with Crippen molar-refractivity contribution in [2.75, 3.05) is 0 Å². The summed E-state index contributed by atoms with van der Waals surface area (Å²) in [6.07, 6.45) is -1.82. The van der Waals surface area contributed by atoms with Crippen molar-refractivity contribution in [1.29, 1.82) is 0 Å². The van der Waals surface area contributed by atoms with Gasteiger partial charge in [-0.1, -0.05) is 6.07 Å². The van der Waals surface area contributed by atoms with E-state index in [0.29, 0.717) is 12.1 Å². The summed E-state index contributed by atoms with van der Waals surface area (Å²) in [6, 6.07) is 1.01. The number of aliphatic carboxylic acids is 2. The number of carboxylic acids is 2. The van der Waals surface area contributed by atoms with Gasteiger partial charge in [-0.15, -0.1) is 0 Å². The third-order valence-electron chi connectivity index (χ3n) is 2.48. The van der Waals surface area contributed by atoms with Crippen LogP contribution < -0.4 is 0 Å². The molecule has 1 aromatic carbocycles. The molecule has 0 unspecified atom stereocenters. The third kappa shape index (κ3) is 4.49. The maximum Gasteiger partial charge on any atom is 0.307 e. The lowest BCUT2D eigenvalue weighted by molar-refractivity contribution is -0.137. The molecule has 0 spiro atoms. The van der Waals surface area contributed by atoms with Gasteiger partial charge in [0.2, 0.25) is 0 Å². The minimum Gasteiger partial charge on any atom is -0.481 e. The van der Waals surface area contributed by atoms with Crippen molar-refractivity contribution in [3.05, 3.63) is 23.3 Å². The van der Waals surface area contributed by atoms with Crippen LogP contribution in [-0.4, -0.2) is 48.1 Å². The largest absolute Gasteiger partial charge is 0.481 e. The van der Waals surface area contributed by atoms with Gasteiger partial charge in [0.1, 0.15) is 0 Å². The number of hydrogen-bond donors (Lipinski definition) is 4. The van der Waals surface area contributed by atoms with Crippen molar-refractivity contribution in [3.8, 4) is 0 Å². The van der Waals surface area contributed by atoms with Gasteiger partial charge in [-0.05, 0) is 17.2 Å². The number of benzene rings is 1. The van der Waals surface area contributed by atoms with Gasteiger partial charge in [0, 0.05) is 0 Å². The summed E-state index contributed by atoms with van der Waals surface area (Å²) >= 11 is 0. The SMILES string of the molecule is O=C(O)Cc1cc(CC(=O)O)c(S(=O)(=O)O)cc1S(=O)(=O)O. The minimum atomic E-state index is -4.99. The summed E-state index contributed by atoms with van der Waals surface area (Å²) in [4.78, 5) is 19.3. The fourth-order valence-corrected chi connectivity index (χ4v) is 3.27. The van der Waals surface area contributed by atoms with Crippen molar-refractivity contribution in [2.45, 2.75) is 22.6 Å². The van der Waals surface area contributed by atoms with E-state index in [1.165, 1.54) is 0 Å². The first-order chi connectivity index (χ1) is 9.82. The van der Waals surface area contributed by atoms with E-state index in [1.807, 2.05) is 0 Å². The molecular weight excluding hydrogens is 344 g/mol. The predicted molar refractivity (Wildman–Crippen MR) is 68.8 cm³/mol. The van der Waals surface area contributed by atoms with Crippen molar-refractivity contribution in [3.63, 3.8) is 0 Å². The van der Waals surface area contributed by atoms with Crippen LogP contribution in [0.5, 0.6) is 0 Å². The molecule has 0 radical (unpaired) electrons. The molecule has 0 fully saturated rings. The second-order valence-electron chi connectivity index (χ2n) is 4.16. The Morgan fingerprint density at radius 3 is 1.32 bits per heavy atom. The number of carbonyl (C=O) groups is 2. The van der Waals surface area contributed by atoms with E-state index < -0.39 is 65.9 Å². The Labute approximate surface area is 124 Å². The summed E-state index contributed by atoms with van der Waals surface area (Å²) < 4.78 is 62.9. The summed E-state index contributed by atoms with van der Waals surface area (Å²) in [5.74, 6) is -2.99. The molecule has 10 nitrogen and oxygen atoms in total. The van der Waals surface area contributed by atoms with Gasteiger partial charge in [-0.2, -0.15) is 16.8 Å². The van der Waals surface area contributed by atoms with Crippen LogP contribution in [0.1, 0.15) is 11.1 Å². The Balaban J connectivity index is 3.79. The Hall–Kier alpha value is -2.02. The van der Waals surface area contributed by atoms with Crippen molar-refractivity contribution < 1.29 is 45.7 Å². The second-order valence-corrected chi connectivity index (χ2v) is 6.94. The zero-order valence-electron chi connectivity index (χ0n) is 10.6. The van der Waals surface area contributed by atoms with E-state index in [1.54, 1.807) is 0 Å². The van der Waals surface area contributed by atoms with Gasteiger partial charge in [0.25, 0.3) is 20.2 Å². The molecule has 0 aliphatic carbocycles. The molecule has 0 heterocycles. The summed E-state index contributed by atoms with van der Waals surface area (Å²) in [6.45, 7) is 0. The minimum absolute atomic E-state index is 0.321. The predicted octanol–water partition coefficient (Wildman–Crippen LogP) is -0.566. The normalized spacial score (nSPS) is 12.1. The summed E-state index contributed by atoms with van der Waals surface area (Å²) in [7, 11) is -9.99. The van der Waals surface area contributed by atoms with Gasteiger partial charge < -0.3 is 10.2 Å².